The van der Waals surface area contributed by atoms with Gasteiger partial charge in [-0.05, 0) is 19.1 Å². The molecule has 1 atom stereocenters. The van der Waals surface area contributed by atoms with Gasteiger partial charge in [0.25, 0.3) is 0 Å². The van der Waals surface area contributed by atoms with Crippen molar-refractivity contribution in [2.75, 3.05) is 0 Å². The molecule has 0 saturated carbocycles. The van der Waals surface area contributed by atoms with Crippen molar-refractivity contribution >= 4 is 27.7 Å². The number of benzene rings is 1. The highest BCUT2D eigenvalue weighted by molar-refractivity contribution is 9.10. The van der Waals surface area contributed by atoms with E-state index in [0.717, 1.165) is 18.2 Å². The predicted octanol–water partition coefficient (Wildman–Crippen LogP) is 3.25. The zero-order chi connectivity index (χ0) is 14.8. The van der Waals surface area contributed by atoms with E-state index in [4.69, 9.17) is 5.11 Å². The molecule has 0 radical (unpaired) electrons. The average molecular weight is 341 g/mol. The summed E-state index contributed by atoms with van der Waals surface area (Å²) in [4.78, 5) is 21.9. The minimum Gasteiger partial charge on any atom is -0.478 e. The number of Topliss-reactive ketones (excluding diaryl/α,β-unsaturated/α-hetero) is 1. The Kier molecular flexibility index (Phi) is 4.56. The summed E-state index contributed by atoms with van der Waals surface area (Å²) >= 11 is 2.89. The average Bonchev–Trinajstić information content (AvgIpc) is 2.25. The Labute approximate surface area is 114 Å². The molecule has 19 heavy (non-hydrogen) atoms. The number of rotatable bonds is 4. The number of carboxylic acids is 1. The number of alkyl halides is 4. The van der Waals surface area contributed by atoms with E-state index in [2.05, 4.69) is 20.7 Å². The zero-order valence-corrected chi connectivity index (χ0v) is 11.1. The molecule has 104 valence electrons. The SMILES string of the molecule is CC(Br)C(=O)c1c(OC(F)(F)F)cccc1C(=O)O. The minimum atomic E-state index is -5.01. The van der Waals surface area contributed by atoms with Crippen molar-refractivity contribution in [3.05, 3.63) is 29.3 Å². The maximum Gasteiger partial charge on any atom is 0.573 e. The Morgan fingerprint density at radius 1 is 1.37 bits per heavy atom. The molecule has 1 N–H and O–H groups in total. The van der Waals surface area contributed by atoms with Crippen LogP contribution in [0, 0.1) is 0 Å². The van der Waals surface area contributed by atoms with E-state index in [0.29, 0.717) is 0 Å². The topological polar surface area (TPSA) is 63.6 Å². The molecule has 1 rings (SSSR count). The molecule has 0 aliphatic carbocycles. The Bertz CT molecular complexity index is 511. The number of carbonyl (C=O) groups excluding carboxylic acids is 1. The Balaban J connectivity index is 3.42. The van der Waals surface area contributed by atoms with Crippen LogP contribution in [0.2, 0.25) is 0 Å². The smallest absolute Gasteiger partial charge is 0.478 e. The monoisotopic (exact) mass is 340 g/mol. The van der Waals surface area contributed by atoms with Gasteiger partial charge in [0.1, 0.15) is 5.75 Å². The molecule has 8 heteroatoms. The van der Waals surface area contributed by atoms with Crippen LogP contribution >= 0.6 is 15.9 Å². The Morgan fingerprint density at radius 3 is 2.37 bits per heavy atom. The van der Waals surface area contributed by atoms with Gasteiger partial charge in [0.2, 0.25) is 0 Å². The molecular formula is C11H8BrF3O4. The number of ether oxygens (including phenoxy) is 1. The molecule has 4 nitrogen and oxygen atoms in total. The van der Waals surface area contributed by atoms with Crippen molar-refractivity contribution in [3.8, 4) is 5.75 Å². The molecule has 0 amide bonds. The van der Waals surface area contributed by atoms with Gasteiger partial charge in [-0.15, -0.1) is 13.2 Å². The van der Waals surface area contributed by atoms with Crippen molar-refractivity contribution in [1.82, 2.24) is 0 Å². The highest BCUT2D eigenvalue weighted by Gasteiger charge is 2.34. The van der Waals surface area contributed by atoms with Crippen LogP contribution in [-0.2, 0) is 0 Å². The number of hydrogen-bond acceptors (Lipinski definition) is 3. The second-order valence-corrected chi connectivity index (χ2v) is 4.89. The number of ketones is 1. The fraction of sp³-hybridized carbons (Fsp3) is 0.273. The summed E-state index contributed by atoms with van der Waals surface area (Å²) in [6.07, 6.45) is -5.01. The van der Waals surface area contributed by atoms with Crippen LogP contribution in [0.1, 0.15) is 27.6 Å². The molecular weight excluding hydrogens is 333 g/mol. The first kappa shape index (κ1) is 15.5. The molecule has 0 aromatic heterocycles. The molecule has 0 saturated heterocycles. The molecule has 0 heterocycles. The third-order valence-corrected chi connectivity index (χ3v) is 2.51. The molecule has 0 bridgehead atoms. The lowest BCUT2D eigenvalue weighted by Crippen LogP contribution is -2.22. The van der Waals surface area contributed by atoms with Gasteiger partial charge in [-0.25, -0.2) is 4.79 Å². The van der Waals surface area contributed by atoms with Crippen LogP contribution < -0.4 is 4.74 Å². The van der Waals surface area contributed by atoms with Gasteiger partial charge in [-0.1, -0.05) is 22.0 Å². The van der Waals surface area contributed by atoms with Crippen molar-refractivity contribution in [2.45, 2.75) is 18.1 Å². The van der Waals surface area contributed by atoms with E-state index in [1.165, 1.54) is 6.92 Å². The summed E-state index contributed by atoms with van der Waals surface area (Å²) in [5.74, 6) is -3.15. The third-order valence-electron chi connectivity index (χ3n) is 2.09. The van der Waals surface area contributed by atoms with E-state index in [-0.39, 0.29) is 0 Å². The summed E-state index contributed by atoms with van der Waals surface area (Å²) in [6.45, 7) is 1.37. The summed E-state index contributed by atoms with van der Waals surface area (Å²) < 4.78 is 40.4. The molecule has 0 aliphatic rings. The number of hydrogen-bond donors (Lipinski definition) is 1. The second kappa shape index (κ2) is 5.60. The minimum absolute atomic E-state index is 0.543. The molecule has 0 fully saturated rings. The number of carbonyl (C=O) groups is 2. The summed E-state index contributed by atoms with van der Waals surface area (Å²) in [7, 11) is 0. The van der Waals surface area contributed by atoms with E-state index in [9.17, 15) is 22.8 Å². The normalized spacial score (nSPS) is 12.9. The fourth-order valence-electron chi connectivity index (χ4n) is 1.37. The maximum absolute atomic E-state index is 12.2. The van der Waals surface area contributed by atoms with Crippen LogP contribution in [0.25, 0.3) is 0 Å². The first-order valence-corrected chi connectivity index (χ1v) is 5.85. The molecule has 1 aromatic carbocycles. The lowest BCUT2D eigenvalue weighted by molar-refractivity contribution is -0.274. The van der Waals surface area contributed by atoms with Gasteiger partial charge < -0.3 is 9.84 Å². The van der Waals surface area contributed by atoms with Crippen LogP contribution in [0.5, 0.6) is 5.75 Å². The van der Waals surface area contributed by atoms with Crippen LogP contribution in [0.15, 0.2) is 18.2 Å². The van der Waals surface area contributed by atoms with Crippen molar-refractivity contribution in [1.29, 1.82) is 0 Å². The van der Waals surface area contributed by atoms with Crippen molar-refractivity contribution < 1.29 is 32.6 Å². The van der Waals surface area contributed by atoms with Crippen molar-refractivity contribution in [2.24, 2.45) is 0 Å². The van der Waals surface area contributed by atoms with Gasteiger partial charge in [0.05, 0.1) is 16.0 Å². The molecule has 0 aliphatic heterocycles. The standard InChI is InChI=1S/C11H8BrF3O4/c1-5(12)9(16)8-6(10(17)18)3-2-4-7(8)19-11(13,14)15/h2-5H,1H3,(H,17,18). The second-order valence-electron chi connectivity index (χ2n) is 3.51. The van der Waals surface area contributed by atoms with Crippen LogP contribution in [0.3, 0.4) is 0 Å². The number of carboxylic acid groups (broad SMARTS) is 1. The highest BCUT2D eigenvalue weighted by Crippen LogP contribution is 2.30. The Morgan fingerprint density at radius 2 is 1.95 bits per heavy atom. The van der Waals surface area contributed by atoms with E-state index in [1.807, 2.05) is 0 Å². The largest absolute Gasteiger partial charge is 0.573 e. The van der Waals surface area contributed by atoms with Gasteiger partial charge in [-0.2, -0.15) is 0 Å². The molecule has 1 aromatic rings. The zero-order valence-electron chi connectivity index (χ0n) is 9.49. The summed E-state index contributed by atoms with van der Waals surface area (Å²) in [5, 5.41) is 8.91. The highest BCUT2D eigenvalue weighted by atomic mass is 79.9. The Hall–Kier alpha value is -1.57. The van der Waals surface area contributed by atoms with Gasteiger partial charge in [0, 0.05) is 0 Å². The molecule has 0 spiro atoms. The predicted molar refractivity (Wildman–Crippen MR) is 62.8 cm³/mol. The first-order chi connectivity index (χ1) is 8.63. The van der Waals surface area contributed by atoms with Crippen molar-refractivity contribution in [3.63, 3.8) is 0 Å². The molecule has 1 unspecified atom stereocenters. The third kappa shape index (κ3) is 3.95. The van der Waals surface area contributed by atoms with E-state index >= 15 is 0 Å². The first-order valence-electron chi connectivity index (χ1n) is 4.94. The van der Waals surface area contributed by atoms with Crippen LogP contribution in [-0.4, -0.2) is 28.0 Å². The van der Waals surface area contributed by atoms with Crippen LogP contribution in [0.4, 0.5) is 13.2 Å². The maximum atomic E-state index is 12.2. The van der Waals surface area contributed by atoms with E-state index < -0.39 is 39.8 Å². The number of aromatic carboxylic acids is 1. The van der Waals surface area contributed by atoms with Gasteiger partial charge in [-0.3, -0.25) is 4.79 Å². The quantitative estimate of drug-likeness (QED) is 0.675. The van der Waals surface area contributed by atoms with Gasteiger partial charge >= 0.3 is 12.3 Å². The summed E-state index contributed by atoms with van der Waals surface area (Å²) in [5.41, 5.74) is -1.16. The lowest BCUT2D eigenvalue weighted by atomic mass is 10.0. The van der Waals surface area contributed by atoms with E-state index in [1.54, 1.807) is 0 Å². The lowest BCUT2D eigenvalue weighted by Gasteiger charge is -2.15. The summed E-state index contributed by atoms with van der Waals surface area (Å²) in [6, 6.07) is 3.00. The number of halogens is 4. The fourth-order valence-corrected chi connectivity index (χ4v) is 1.60. The van der Waals surface area contributed by atoms with Gasteiger partial charge in [0.15, 0.2) is 5.78 Å².